The molecule has 2 N–H and O–H groups in total. The highest BCUT2D eigenvalue weighted by Crippen LogP contribution is 2.19. The van der Waals surface area contributed by atoms with Crippen molar-refractivity contribution in [3.05, 3.63) is 35.9 Å². The molecule has 2 aromatic rings. The van der Waals surface area contributed by atoms with Crippen LogP contribution in [0.3, 0.4) is 0 Å². The molecule has 1 aromatic carbocycles. The van der Waals surface area contributed by atoms with E-state index in [0.29, 0.717) is 16.2 Å². The molecule has 0 fully saturated rings. The molecule has 0 aliphatic heterocycles. The number of hydrogen-bond donors (Lipinski definition) is 2. The second-order valence-electron chi connectivity index (χ2n) is 4.30. The van der Waals surface area contributed by atoms with Gasteiger partial charge in [0.2, 0.25) is 0 Å². The summed E-state index contributed by atoms with van der Waals surface area (Å²) >= 11 is 1.79. The van der Waals surface area contributed by atoms with Crippen molar-refractivity contribution in [1.29, 1.82) is 0 Å². The van der Waals surface area contributed by atoms with Crippen LogP contribution in [0.4, 0.5) is 5.82 Å². The van der Waals surface area contributed by atoms with Crippen LogP contribution in [0.5, 0.6) is 0 Å². The van der Waals surface area contributed by atoms with Gasteiger partial charge in [-0.05, 0) is 30.5 Å². The summed E-state index contributed by atoms with van der Waals surface area (Å²) in [7, 11) is 0. The Bertz CT molecular complexity index is 601. The minimum atomic E-state index is -0.927. The van der Waals surface area contributed by atoms with Gasteiger partial charge in [-0.15, -0.1) is 0 Å². The molecule has 0 saturated carbocycles. The highest BCUT2D eigenvalue weighted by Gasteiger charge is 2.09. The van der Waals surface area contributed by atoms with E-state index in [1.807, 2.05) is 12.1 Å². The maximum absolute atomic E-state index is 11.1. The monoisotopic (exact) mass is 276 g/mol. The molecule has 0 spiro atoms. The number of carbonyl (C=O) groups is 1. The summed E-state index contributed by atoms with van der Waals surface area (Å²) in [4.78, 5) is 15.5. The van der Waals surface area contributed by atoms with Gasteiger partial charge in [0.25, 0.3) is 0 Å². The Morgan fingerprint density at radius 3 is 2.89 bits per heavy atom. The summed E-state index contributed by atoms with van der Waals surface area (Å²) in [5, 5.41) is 13.5. The second kappa shape index (κ2) is 5.93. The van der Waals surface area contributed by atoms with Crippen LogP contribution >= 0.6 is 11.8 Å². The van der Waals surface area contributed by atoms with Crippen molar-refractivity contribution in [2.24, 2.45) is 0 Å². The van der Waals surface area contributed by atoms with Gasteiger partial charge in [-0.2, -0.15) is 11.8 Å². The second-order valence-corrected chi connectivity index (χ2v) is 5.58. The summed E-state index contributed by atoms with van der Waals surface area (Å²) in [5.41, 5.74) is 0.982. The number of anilines is 1. The van der Waals surface area contributed by atoms with Gasteiger partial charge in [-0.25, -0.2) is 9.78 Å². The zero-order valence-corrected chi connectivity index (χ0v) is 11.7. The number of carboxylic acids is 1. The van der Waals surface area contributed by atoms with Crippen LogP contribution in [0.15, 0.2) is 30.3 Å². The number of nitrogens with zero attached hydrogens (tertiary/aromatic N) is 1. The van der Waals surface area contributed by atoms with Crippen molar-refractivity contribution in [1.82, 2.24) is 4.98 Å². The molecule has 1 aromatic heterocycles. The highest BCUT2D eigenvalue weighted by molar-refractivity contribution is 7.99. The quantitative estimate of drug-likeness (QED) is 0.878. The minimum absolute atomic E-state index is 0.286. The Labute approximate surface area is 116 Å². The fourth-order valence-corrected chi connectivity index (χ4v) is 2.02. The first kappa shape index (κ1) is 13.7. The zero-order chi connectivity index (χ0) is 13.8. The SMILES string of the molecule is CSC(C)CNc1ccc2c(C(=O)O)cccc2n1. The number of nitrogens with one attached hydrogen (secondary N) is 1. The smallest absolute Gasteiger partial charge is 0.336 e. The van der Waals surface area contributed by atoms with Crippen LogP contribution in [0.2, 0.25) is 0 Å². The molecule has 0 radical (unpaired) electrons. The topological polar surface area (TPSA) is 62.2 Å². The van der Waals surface area contributed by atoms with E-state index in [2.05, 4.69) is 23.5 Å². The third kappa shape index (κ3) is 3.17. The van der Waals surface area contributed by atoms with Gasteiger partial charge in [-0.3, -0.25) is 0 Å². The van der Waals surface area contributed by atoms with Crippen LogP contribution in [0.25, 0.3) is 10.9 Å². The number of fused-ring (bicyclic) bond motifs is 1. The van der Waals surface area contributed by atoms with Crippen molar-refractivity contribution in [2.45, 2.75) is 12.2 Å². The first-order valence-corrected chi connectivity index (χ1v) is 7.30. The van der Waals surface area contributed by atoms with Crippen molar-refractivity contribution in [3.63, 3.8) is 0 Å². The van der Waals surface area contributed by atoms with E-state index in [1.54, 1.807) is 30.0 Å². The Balaban J connectivity index is 2.29. The minimum Gasteiger partial charge on any atom is -0.478 e. The summed E-state index contributed by atoms with van der Waals surface area (Å²) < 4.78 is 0. The average Bonchev–Trinajstić information content (AvgIpc) is 2.43. The van der Waals surface area contributed by atoms with E-state index in [1.165, 1.54) is 0 Å². The number of aromatic nitrogens is 1. The molecular weight excluding hydrogens is 260 g/mol. The molecule has 4 nitrogen and oxygen atoms in total. The van der Waals surface area contributed by atoms with Crippen molar-refractivity contribution < 1.29 is 9.90 Å². The number of thioether (sulfide) groups is 1. The van der Waals surface area contributed by atoms with Gasteiger partial charge in [-0.1, -0.05) is 13.0 Å². The van der Waals surface area contributed by atoms with Crippen LogP contribution in [0.1, 0.15) is 17.3 Å². The Morgan fingerprint density at radius 2 is 2.21 bits per heavy atom. The zero-order valence-electron chi connectivity index (χ0n) is 10.9. The van der Waals surface area contributed by atoms with Crippen molar-refractivity contribution in [2.75, 3.05) is 18.1 Å². The van der Waals surface area contributed by atoms with Crippen LogP contribution < -0.4 is 5.32 Å². The van der Waals surface area contributed by atoms with E-state index >= 15 is 0 Å². The van der Waals surface area contributed by atoms with Crippen LogP contribution in [0, 0.1) is 0 Å². The number of pyridine rings is 1. The Hall–Kier alpha value is -1.75. The molecule has 0 aliphatic carbocycles. The molecule has 1 heterocycles. The van der Waals surface area contributed by atoms with Crippen molar-refractivity contribution >= 4 is 34.5 Å². The molecule has 0 amide bonds. The number of carboxylic acid groups (broad SMARTS) is 1. The first-order chi connectivity index (χ1) is 9.11. The van der Waals surface area contributed by atoms with Gasteiger partial charge in [0.05, 0.1) is 11.1 Å². The van der Waals surface area contributed by atoms with E-state index in [9.17, 15) is 4.79 Å². The average molecular weight is 276 g/mol. The predicted molar refractivity (Wildman–Crippen MR) is 80.2 cm³/mol. The molecule has 0 bridgehead atoms. The van der Waals surface area contributed by atoms with Gasteiger partial charge >= 0.3 is 5.97 Å². The fourth-order valence-electron chi connectivity index (χ4n) is 1.77. The van der Waals surface area contributed by atoms with Crippen molar-refractivity contribution in [3.8, 4) is 0 Å². The number of hydrogen-bond acceptors (Lipinski definition) is 4. The van der Waals surface area contributed by atoms with Gasteiger partial charge < -0.3 is 10.4 Å². The summed E-state index contributed by atoms with van der Waals surface area (Å²) in [6.45, 7) is 2.97. The normalized spacial score (nSPS) is 12.3. The molecule has 2 rings (SSSR count). The lowest BCUT2D eigenvalue weighted by molar-refractivity contribution is 0.0699. The number of benzene rings is 1. The highest BCUT2D eigenvalue weighted by atomic mass is 32.2. The molecule has 0 saturated heterocycles. The molecule has 100 valence electrons. The molecule has 0 aliphatic rings. The maximum Gasteiger partial charge on any atom is 0.336 e. The Kier molecular flexibility index (Phi) is 4.27. The van der Waals surface area contributed by atoms with Gasteiger partial charge in [0, 0.05) is 17.2 Å². The number of rotatable bonds is 5. The lowest BCUT2D eigenvalue weighted by Crippen LogP contribution is -2.13. The lowest BCUT2D eigenvalue weighted by Gasteiger charge is -2.11. The van der Waals surface area contributed by atoms with E-state index in [-0.39, 0.29) is 5.56 Å². The first-order valence-electron chi connectivity index (χ1n) is 6.01. The largest absolute Gasteiger partial charge is 0.478 e. The van der Waals surface area contributed by atoms with Crippen LogP contribution in [-0.2, 0) is 0 Å². The summed E-state index contributed by atoms with van der Waals surface area (Å²) in [5.74, 6) is -0.153. The van der Waals surface area contributed by atoms with Crippen LogP contribution in [-0.4, -0.2) is 34.1 Å². The molecule has 19 heavy (non-hydrogen) atoms. The fraction of sp³-hybridized carbons (Fsp3) is 0.286. The number of aromatic carboxylic acids is 1. The van der Waals surface area contributed by atoms with E-state index < -0.39 is 5.97 Å². The molecule has 1 unspecified atom stereocenters. The van der Waals surface area contributed by atoms with E-state index in [0.717, 1.165) is 12.4 Å². The third-order valence-electron chi connectivity index (χ3n) is 2.94. The van der Waals surface area contributed by atoms with Gasteiger partial charge in [0.1, 0.15) is 5.82 Å². The lowest BCUT2D eigenvalue weighted by atomic mass is 10.1. The summed E-state index contributed by atoms with van der Waals surface area (Å²) in [6.07, 6.45) is 2.07. The maximum atomic E-state index is 11.1. The standard InChI is InChI=1S/C14H16N2O2S/c1-9(19-2)8-15-13-7-6-10-11(14(17)18)4-3-5-12(10)16-13/h3-7,9H,8H2,1-2H3,(H,15,16)(H,17,18). The predicted octanol–water partition coefficient (Wildman–Crippen LogP) is 3.10. The third-order valence-corrected chi connectivity index (χ3v) is 3.91. The molecule has 5 heteroatoms. The van der Waals surface area contributed by atoms with E-state index in [4.69, 9.17) is 5.11 Å². The molecule has 1 atom stereocenters. The summed E-state index contributed by atoms with van der Waals surface area (Å²) in [6, 6.07) is 8.76. The Morgan fingerprint density at radius 1 is 1.42 bits per heavy atom. The molecular formula is C14H16N2O2S. The van der Waals surface area contributed by atoms with Gasteiger partial charge in [0.15, 0.2) is 0 Å².